The summed E-state index contributed by atoms with van der Waals surface area (Å²) in [7, 11) is 0. The molecule has 0 saturated heterocycles. The summed E-state index contributed by atoms with van der Waals surface area (Å²) in [5, 5.41) is 13.6. The molecule has 0 amide bonds. The predicted molar refractivity (Wildman–Crippen MR) is 90.4 cm³/mol. The van der Waals surface area contributed by atoms with Crippen LogP contribution in [0.1, 0.15) is 17.0 Å². The summed E-state index contributed by atoms with van der Waals surface area (Å²) in [5.41, 5.74) is 1.96. The zero-order valence-corrected chi connectivity index (χ0v) is 13.4. The Kier molecular flexibility index (Phi) is 4.83. The summed E-state index contributed by atoms with van der Waals surface area (Å²) < 4.78 is 14.7. The molecular formula is C17H15FN4S. The topological polar surface area (TPSA) is 43.1 Å². The number of rotatable bonds is 5. The first kappa shape index (κ1) is 15.4. The average Bonchev–Trinajstić information content (AvgIpc) is 2.97. The maximum Gasteiger partial charge on any atom is 0.211 e. The highest BCUT2D eigenvalue weighted by Gasteiger charge is 2.11. The summed E-state index contributed by atoms with van der Waals surface area (Å²) in [5.74, 6) is 0.500. The van der Waals surface area contributed by atoms with E-state index in [-0.39, 0.29) is 5.82 Å². The van der Waals surface area contributed by atoms with Gasteiger partial charge in [-0.25, -0.2) is 4.39 Å². The first-order valence-corrected chi connectivity index (χ1v) is 8.31. The maximum absolute atomic E-state index is 13.0. The zero-order chi connectivity index (χ0) is 16.1. The second kappa shape index (κ2) is 7.19. The Hall–Kier alpha value is -2.47. The Bertz CT molecular complexity index is 797. The lowest BCUT2D eigenvalue weighted by atomic mass is 10.1. The summed E-state index contributed by atoms with van der Waals surface area (Å²) in [4.78, 5) is 0. The van der Waals surface area contributed by atoms with Gasteiger partial charge in [-0.05, 0) is 29.5 Å². The van der Waals surface area contributed by atoms with Crippen molar-refractivity contribution in [3.8, 4) is 0 Å². The van der Waals surface area contributed by atoms with Gasteiger partial charge >= 0.3 is 0 Å². The third kappa shape index (κ3) is 3.84. The summed E-state index contributed by atoms with van der Waals surface area (Å²) in [6.45, 7) is 0. The van der Waals surface area contributed by atoms with Gasteiger partial charge in [0, 0.05) is 6.42 Å². The van der Waals surface area contributed by atoms with Gasteiger partial charge in [0.15, 0.2) is 5.82 Å². The molecule has 0 aliphatic rings. The van der Waals surface area contributed by atoms with Crippen LogP contribution in [-0.4, -0.2) is 27.3 Å². The van der Waals surface area contributed by atoms with E-state index in [4.69, 9.17) is 0 Å². The van der Waals surface area contributed by atoms with Gasteiger partial charge in [-0.15, -0.1) is 10.2 Å². The Morgan fingerprint density at radius 2 is 1.83 bits per heavy atom. The first-order chi connectivity index (χ1) is 11.3. The number of thioether (sulfide) groups is 1. The van der Waals surface area contributed by atoms with E-state index in [0.717, 1.165) is 17.0 Å². The summed E-state index contributed by atoms with van der Waals surface area (Å²) >= 11 is 1.48. The Morgan fingerprint density at radius 3 is 2.52 bits per heavy atom. The molecule has 3 rings (SSSR count). The van der Waals surface area contributed by atoms with Gasteiger partial charge in [-0.3, -0.25) is 0 Å². The van der Waals surface area contributed by atoms with Crippen molar-refractivity contribution in [3.63, 3.8) is 0 Å². The third-order valence-electron chi connectivity index (χ3n) is 3.26. The molecule has 4 nitrogen and oxygen atoms in total. The SMILES string of the molecule is CSc1nnc(Cc2ccccc2)n1/N=C\c1ccc(F)cc1. The number of halogens is 1. The molecule has 0 aliphatic heterocycles. The van der Waals surface area contributed by atoms with Crippen molar-refractivity contribution in [1.29, 1.82) is 0 Å². The van der Waals surface area contributed by atoms with Crippen LogP contribution in [-0.2, 0) is 6.42 Å². The number of benzene rings is 2. The van der Waals surface area contributed by atoms with E-state index in [9.17, 15) is 4.39 Å². The van der Waals surface area contributed by atoms with Gasteiger partial charge in [0.2, 0.25) is 5.16 Å². The number of nitrogens with zero attached hydrogens (tertiary/aromatic N) is 4. The average molecular weight is 326 g/mol. The molecule has 0 N–H and O–H groups in total. The highest BCUT2D eigenvalue weighted by atomic mass is 32.2. The fourth-order valence-corrected chi connectivity index (χ4v) is 2.55. The van der Waals surface area contributed by atoms with Crippen LogP contribution in [0.25, 0.3) is 0 Å². The largest absolute Gasteiger partial charge is 0.211 e. The highest BCUT2D eigenvalue weighted by molar-refractivity contribution is 7.98. The molecule has 1 aromatic heterocycles. The van der Waals surface area contributed by atoms with Gasteiger partial charge in [-0.2, -0.15) is 9.78 Å². The lowest BCUT2D eigenvalue weighted by Crippen LogP contribution is -2.01. The van der Waals surface area contributed by atoms with Crippen LogP contribution in [0.5, 0.6) is 0 Å². The van der Waals surface area contributed by atoms with E-state index in [1.807, 2.05) is 36.6 Å². The minimum absolute atomic E-state index is 0.263. The van der Waals surface area contributed by atoms with Crippen LogP contribution in [0, 0.1) is 5.82 Å². The van der Waals surface area contributed by atoms with Crippen LogP contribution in [0.15, 0.2) is 64.9 Å². The molecule has 116 valence electrons. The Labute approximate surface area is 138 Å². The van der Waals surface area contributed by atoms with E-state index in [1.54, 1.807) is 23.0 Å². The molecule has 0 atom stereocenters. The number of hydrogen-bond donors (Lipinski definition) is 0. The quantitative estimate of drug-likeness (QED) is 0.531. The molecule has 0 bridgehead atoms. The molecular weight excluding hydrogens is 311 g/mol. The van der Waals surface area contributed by atoms with E-state index in [2.05, 4.69) is 15.3 Å². The molecule has 1 heterocycles. The normalized spacial score (nSPS) is 11.2. The van der Waals surface area contributed by atoms with Gasteiger partial charge in [0.1, 0.15) is 5.82 Å². The molecule has 0 saturated carbocycles. The van der Waals surface area contributed by atoms with Gasteiger partial charge < -0.3 is 0 Å². The van der Waals surface area contributed by atoms with Crippen molar-refractivity contribution >= 4 is 18.0 Å². The van der Waals surface area contributed by atoms with Crippen molar-refractivity contribution in [2.75, 3.05) is 6.26 Å². The number of aromatic nitrogens is 3. The predicted octanol–water partition coefficient (Wildman–Crippen LogP) is 3.61. The molecule has 0 unspecified atom stereocenters. The molecule has 2 aromatic carbocycles. The fraction of sp³-hybridized carbons (Fsp3) is 0.118. The summed E-state index contributed by atoms with van der Waals surface area (Å²) in [6, 6.07) is 16.2. The molecule has 0 radical (unpaired) electrons. The summed E-state index contributed by atoms with van der Waals surface area (Å²) in [6.07, 6.45) is 4.26. The van der Waals surface area contributed by atoms with Gasteiger partial charge in [0.05, 0.1) is 6.21 Å². The van der Waals surface area contributed by atoms with Crippen molar-refractivity contribution in [1.82, 2.24) is 14.9 Å². The van der Waals surface area contributed by atoms with E-state index in [0.29, 0.717) is 11.6 Å². The molecule has 0 aliphatic carbocycles. The second-order valence-corrected chi connectivity index (χ2v) is 5.65. The Balaban J connectivity index is 1.88. The lowest BCUT2D eigenvalue weighted by Gasteiger charge is -2.03. The minimum Gasteiger partial charge on any atom is -0.207 e. The minimum atomic E-state index is -0.263. The van der Waals surface area contributed by atoms with Crippen molar-refractivity contribution in [2.24, 2.45) is 5.10 Å². The smallest absolute Gasteiger partial charge is 0.207 e. The van der Waals surface area contributed by atoms with E-state index in [1.165, 1.54) is 23.9 Å². The monoisotopic (exact) mass is 326 g/mol. The van der Waals surface area contributed by atoms with Crippen LogP contribution < -0.4 is 0 Å². The molecule has 3 aromatic rings. The van der Waals surface area contributed by atoms with Crippen LogP contribution >= 0.6 is 11.8 Å². The number of hydrogen-bond acceptors (Lipinski definition) is 4. The first-order valence-electron chi connectivity index (χ1n) is 7.08. The molecule has 0 fully saturated rings. The highest BCUT2D eigenvalue weighted by Crippen LogP contribution is 2.16. The fourth-order valence-electron chi connectivity index (χ4n) is 2.10. The molecule has 6 heteroatoms. The lowest BCUT2D eigenvalue weighted by molar-refractivity contribution is 0.628. The van der Waals surface area contributed by atoms with Gasteiger partial charge in [0.25, 0.3) is 0 Å². The van der Waals surface area contributed by atoms with Crippen LogP contribution in [0.4, 0.5) is 4.39 Å². The van der Waals surface area contributed by atoms with Gasteiger partial charge in [-0.1, -0.05) is 54.2 Å². The van der Waals surface area contributed by atoms with Crippen LogP contribution in [0.3, 0.4) is 0 Å². The van der Waals surface area contributed by atoms with Crippen LogP contribution in [0.2, 0.25) is 0 Å². The molecule has 0 spiro atoms. The van der Waals surface area contributed by atoms with E-state index < -0.39 is 0 Å². The Morgan fingerprint density at radius 1 is 1.09 bits per heavy atom. The standard InChI is InChI=1S/C17H15FN4S/c1-23-17-21-20-16(11-13-5-3-2-4-6-13)22(17)19-12-14-7-9-15(18)10-8-14/h2-10,12H,11H2,1H3/b19-12-. The van der Waals surface area contributed by atoms with Crippen molar-refractivity contribution in [2.45, 2.75) is 11.6 Å². The van der Waals surface area contributed by atoms with E-state index >= 15 is 0 Å². The van der Waals surface area contributed by atoms with Crippen molar-refractivity contribution in [3.05, 3.63) is 77.4 Å². The second-order valence-electron chi connectivity index (χ2n) is 4.87. The zero-order valence-electron chi connectivity index (χ0n) is 12.6. The maximum atomic E-state index is 13.0. The third-order valence-corrected chi connectivity index (χ3v) is 3.88. The van der Waals surface area contributed by atoms with Crippen molar-refractivity contribution < 1.29 is 4.39 Å². The molecule has 23 heavy (non-hydrogen) atoms.